The fourth-order valence-corrected chi connectivity index (χ4v) is 10.8. The molecule has 0 amide bonds. The van der Waals surface area contributed by atoms with E-state index < -0.39 is 33.8 Å². The van der Waals surface area contributed by atoms with Gasteiger partial charge in [-0.3, -0.25) is 9.13 Å². The lowest BCUT2D eigenvalue weighted by Gasteiger charge is -2.23. The Morgan fingerprint density at radius 2 is 1.16 bits per heavy atom. The highest BCUT2D eigenvalue weighted by molar-refractivity contribution is 6.76. The molecule has 2 fully saturated rings. The zero-order valence-electron chi connectivity index (χ0n) is 43.0. The summed E-state index contributed by atoms with van der Waals surface area (Å²) in [5.41, 5.74) is 14.2. The van der Waals surface area contributed by atoms with Gasteiger partial charge in [-0.05, 0) is 62.0 Å². The first kappa shape index (κ1) is 51.7. The Morgan fingerprint density at radius 3 is 1.64 bits per heavy atom. The molecular weight excluding hydrogens is 917 g/mol. The maximum Gasteiger partial charge on any atom is 0.192 e. The van der Waals surface area contributed by atoms with E-state index in [2.05, 4.69) is 134 Å². The molecule has 16 heteroatoms. The maximum absolute atomic E-state index is 9.93. The van der Waals surface area contributed by atoms with Crippen molar-refractivity contribution in [2.24, 2.45) is 0 Å². The molecule has 70 heavy (non-hydrogen) atoms. The second-order valence-corrected chi connectivity index (χ2v) is 32.4. The number of fused-ring (bicyclic) bond motifs is 4. The van der Waals surface area contributed by atoms with Gasteiger partial charge in [0.1, 0.15) is 19.0 Å². The third-order valence-electron chi connectivity index (χ3n) is 13.4. The van der Waals surface area contributed by atoms with Crippen molar-refractivity contribution in [3.8, 4) is 22.5 Å². The Kier molecular flexibility index (Phi) is 16.0. The first-order chi connectivity index (χ1) is 33.5. The van der Waals surface area contributed by atoms with Crippen LogP contribution in [0, 0.1) is 0 Å². The second-order valence-electron chi connectivity index (χ2n) is 21.2. The fourth-order valence-electron chi connectivity index (χ4n) is 9.34. The number of aliphatic hydroxyl groups excluding tert-OH is 2. The predicted molar refractivity (Wildman–Crippen MR) is 281 cm³/mol. The minimum absolute atomic E-state index is 0.253. The first-order valence-corrected chi connectivity index (χ1v) is 32.4. The number of benzene rings is 2. The normalized spacial score (nSPS) is 16.4. The number of hydrogen-bond donors (Lipinski definition) is 2. The maximum atomic E-state index is 9.93. The molecular formula is C54H74N6O8Si2. The highest BCUT2D eigenvalue weighted by Crippen LogP contribution is 2.39. The van der Waals surface area contributed by atoms with Gasteiger partial charge in [0, 0.05) is 64.2 Å². The molecule has 376 valence electrons. The van der Waals surface area contributed by atoms with E-state index in [1.54, 1.807) is 6.20 Å². The summed E-state index contributed by atoms with van der Waals surface area (Å²) in [6.45, 7) is 26.9. The van der Waals surface area contributed by atoms with Crippen LogP contribution in [-0.4, -0.2) is 107 Å². The summed E-state index contributed by atoms with van der Waals surface area (Å²) in [7, 11) is -2.37. The molecule has 0 aliphatic carbocycles. The zero-order chi connectivity index (χ0) is 49.8. The van der Waals surface area contributed by atoms with E-state index in [0.29, 0.717) is 52.2 Å². The van der Waals surface area contributed by atoms with Crippen molar-refractivity contribution < 1.29 is 38.6 Å². The summed E-state index contributed by atoms with van der Waals surface area (Å²) in [4.78, 5) is 14.5. The van der Waals surface area contributed by atoms with Crippen molar-refractivity contribution >= 4 is 44.0 Å². The van der Waals surface area contributed by atoms with Gasteiger partial charge in [-0.1, -0.05) is 102 Å². The van der Waals surface area contributed by atoms with E-state index >= 15 is 0 Å². The Balaban J connectivity index is 0.000000188. The average Bonchev–Trinajstić information content (AvgIpc) is 4.19. The summed E-state index contributed by atoms with van der Waals surface area (Å²) >= 11 is 0. The number of nitrogens with zero attached hydrogens (tertiary/aromatic N) is 6. The van der Waals surface area contributed by atoms with Crippen LogP contribution in [0.25, 0.3) is 50.4 Å². The smallest absolute Gasteiger partial charge is 0.192 e. The van der Waals surface area contributed by atoms with Crippen molar-refractivity contribution in [3.63, 3.8) is 0 Å². The van der Waals surface area contributed by atoms with Crippen LogP contribution in [0.3, 0.4) is 0 Å². The zero-order valence-corrected chi connectivity index (χ0v) is 45.0. The van der Waals surface area contributed by atoms with Crippen LogP contribution < -0.4 is 0 Å². The minimum Gasteiger partial charge on any atom is -0.394 e. The summed E-state index contributed by atoms with van der Waals surface area (Å²) in [6.07, 6.45) is 6.81. The van der Waals surface area contributed by atoms with Crippen LogP contribution in [0.2, 0.25) is 51.4 Å². The van der Waals surface area contributed by atoms with Gasteiger partial charge >= 0.3 is 0 Å². The number of aliphatic hydroxyl groups is 2. The summed E-state index contributed by atoms with van der Waals surface area (Å²) in [5, 5.41) is 19.2. The van der Waals surface area contributed by atoms with Gasteiger partial charge < -0.3 is 43.0 Å². The Labute approximate surface area is 414 Å². The van der Waals surface area contributed by atoms with Crippen molar-refractivity contribution in [2.45, 2.75) is 129 Å². The van der Waals surface area contributed by atoms with Gasteiger partial charge in [-0.25, -0.2) is 15.0 Å². The summed E-state index contributed by atoms with van der Waals surface area (Å²) in [5.74, 6) is -1.39. The molecule has 0 saturated carbocycles. The third-order valence-corrected chi connectivity index (χ3v) is 16.8. The van der Waals surface area contributed by atoms with E-state index in [4.69, 9.17) is 43.4 Å². The second kappa shape index (κ2) is 21.6. The van der Waals surface area contributed by atoms with E-state index in [-0.39, 0.29) is 13.0 Å². The van der Waals surface area contributed by atoms with Crippen LogP contribution in [0.4, 0.5) is 0 Å². The van der Waals surface area contributed by atoms with Gasteiger partial charge in [-0.15, -0.1) is 0 Å². The molecule has 2 aliphatic heterocycles. The molecule has 2 saturated heterocycles. The molecule has 2 aliphatic rings. The molecule has 0 radical (unpaired) electrons. The van der Waals surface area contributed by atoms with Gasteiger partial charge in [-0.2, -0.15) is 0 Å². The quantitative estimate of drug-likeness (QED) is 0.0589. The Hall–Kier alpha value is -4.60. The molecule has 5 aromatic heterocycles. The molecule has 9 rings (SSSR count). The number of aryl methyl sites for hydroxylation is 2. The minimum atomic E-state index is -1.21. The molecule has 7 aromatic rings. The van der Waals surface area contributed by atoms with Crippen LogP contribution in [-0.2, 0) is 72.7 Å². The molecule has 2 N–H and O–H groups in total. The topological polar surface area (TPSA) is 149 Å². The number of ether oxygens (including phenoxy) is 6. The van der Waals surface area contributed by atoms with Crippen LogP contribution in [0.5, 0.6) is 0 Å². The monoisotopic (exact) mass is 991 g/mol. The lowest BCUT2D eigenvalue weighted by Crippen LogP contribution is -2.22. The average molecular weight is 991 g/mol. The molecule has 0 spiro atoms. The SMILES string of the molecule is CCc1c(-c2ccc(C3(C)OCCO3)cc2)n(COCC[Si](C)(C)C)c2ncc(CC(O)CO)nc12.CCc1c(-c2ccc(C3(C)OCCO3)cc2)n(COCC[Si](C)(C)C)c2ncc3cccn3c12. The first-order valence-electron chi connectivity index (χ1n) is 25.0. The van der Waals surface area contributed by atoms with Crippen LogP contribution >= 0.6 is 0 Å². The Morgan fingerprint density at radius 1 is 0.671 bits per heavy atom. The molecule has 1 atom stereocenters. The lowest BCUT2D eigenvalue weighted by molar-refractivity contribution is -0.150. The molecule has 14 nitrogen and oxygen atoms in total. The van der Waals surface area contributed by atoms with Crippen molar-refractivity contribution in [1.29, 1.82) is 0 Å². The highest BCUT2D eigenvalue weighted by Gasteiger charge is 2.35. The summed E-state index contributed by atoms with van der Waals surface area (Å²) in [6, 6.07) is 23.3. The standard InChI is InChI=1S/C27H39N3O5Si.C27H35N3O3Si/c1-6-23-24-26(28-16-21(29-24)15-22(32)17-31)30(18-33-13-14-36(3,4)5)25(23)19-7-9-20(10-8-19)27(2)34-11-12-35-27;1-6-23-24(20-9-11-21(12-10-20)27(2)32-14-15-33-27)30(19-31-16-17-34(3,4)5)26-25(23)29-13-7-8-22(29)18-28-26/h7-10,16,22,31-32H,6,11-15,17-18H2,1-5H3;7-13,18H,6,14-17,19H2,1-5H3. The molecule has 1 unspecified atom stereocenters. The van der Waals surface area contributed by atoms with Gasteiger partial charge in [0.2, 0.25) is 0 Å². The van der Waals surface area contributed by atoms with Gasteiger partial charge in [0.05, 0.1) is 79.6 Å². The summed E-state index contributed by atoms with van der Waals surface area (Å²) < 4.78 is 42.4. The predicted octanol–water partition coefficient (Wildman–Crippen LogP) is 10.1. The van der Waals surface area contributed by atoms with E-state index in [9.17, 15) is 10.2 Å². The van der Waals surface area contributed by atoms with E-state index in [0.717, 1.165) is 92.9 Å². The van der Waals surface area contributed by atoms with Crippen LogP contribution in [0.1, 0.15) is 55.6 Å². The van der Waals surface area contributed by atoms with Crippen molar-refractivity contribution in [3.05, 3.63) is 107 Å². The fraction of sp³-hybridized carbons (Fsp3) is 0.500. The number of aromatic nitrogens is 6. The molecule has 0 bridgehead atoms. The van der Waals surface area contributed by atoms with Crippen molar-refractivity contribution in [2.75, 3.05) is 46.2 Å². The number of hydrogen-bond acceptors (Lipinski definition) is 11. The Bertz CT molecular complexity index is 2850. The van der Waals surface area contributed by atoms with Gasteiger partial charge in [0.15, 0.2) is 22.9 Å². The highest BCUT2D eigenvalue weighted by atomic mass is 28.3. The van der Waals surface area contributed by atoms with E-state index in [1.165, 1.54) is 11.3 Å². The van der Waals surface area contributed by atoms with Crippen molar-refractivity contribution in [1.82, 2.24) is 28.5 Å². The van der Waals surface area contributed by atoms with Gasteiger partial charge in [0.25, 0.3) is 0 Å². The largest absolute Gasteiger partial charge is 0.394 e. The third kappa shape index (κ3) is 11.4. The van der Waals surface area contributed by atoms with Crippen LogP contribution in [0.15, 0.2) is 79.3 Å². The molecule has 7 heterocycles. The molecule has 2 aromatic carbocycles. The number of rotatable bonds is 19. The van der Waals surface area contributed by atoms with E-state index in [1.807, 2.05) is 20.0 Å². The lowest BCUT2D eigenvalue weighted by atomic mass is 10.0.